The minimum atomic E-state index is 0.400. The van der Waals surface area contributed by atoms with Crippen LogP contribution in [0.1, 0.15) is 19.3 Å². The molecule has 1 unspecified atom stereocenters. The predicted molar refractivity (Wildman–Crippen MR) is 74.5 cm³/mol. The first-order chi connectivity index (χ1) is 8.84. The van der Waals surface area contributed by atoms with E-state index in [-0.39, 0.29) is 0 Å². The zero-order valence-electron chi connectivity index (χ0n) is 9.86. The molecule has 2 heterocycles. The average molecular weight is 284 g/mol. The van der Waals surface area contributed by atoms with Crippen LogP contribution in [0.5, 0.6) is 0 Å². The van der Waals surface area contributed by atoms with Crippen molar-refractivity contribution in [1.29, 1.82) is 0 Å². The van der Waals surface area contributed by atoms with Crippen LogP contribution in [-0.4, -0.2) is 28.0 Å². The second kappa shape index (κ2) is 5.38. The molecule has 1 fully saturated rings. The Bertz CT molecular complexity index is 537. The van der Waals surface area contributed by atoms with Gasteiger partial charge in [-0.05, 0) is 31.4 Å². The van der Waals surface area contributed by atoms with E-state index in [2.05, 4.69) is 14.1 Å². The SMILES string of the molecule is Clc1ccc2nsnc2c1NC1CCCOCC1. The van der Waals surface area contributed by atoms with E-state index in [0.717, 1.165) is 49.2 Å². The van der Waals surface area contributed by atoms with Gasteiger partial charge in [-0.15, -0.1) is 0 Å². The summed E-state index contributed by atoms with van der Waals surface area (Å²) in [5, 5.41) is 4.22. The second-order valence-electron chi connectivity index (χ2n) is 4.44. The zero-order chi connectivity index (χ0) is 12.4. The van der Waals surface area contributed by atoms with Gasteiger partial charge in [0.2, 0.25) is 0 Å². The number of rotatable bonds is 2. The molecule has 0 saturated carbocycles. The summed E-state index contributed by atoms with van der Waals surface area (Å²) in [5.74, 6) is 0. The molecule has 1 aliphatic rings. The number of ether oxygens (including phenoxy) is 1. The fourth-order valence-electron chi connectivity index (χ4n) is 2.22. The van der Waals surface area contributed by atoms with E-state index in [1.54, 1.807) is 0 Å². The van der Waals surface area contributed by atoms with Crippen LogP contribution in [0.15, 0.2) is 12.1 Å². The van der Waals surface area contributed by atoms with Gasteiger partial charge in [0.25, 0.3) is 0 Å². The minimum Gasteiger partial charge on any atom is -0.381 e. The third-order valence-corrected chi connectivity index (χ3v) is 4.03. The largest absolute Gasteiger partial charge is 0.381 e. The molecule has 6 heteroatoms. The van der Waals surface area contributed by atoms with Crippen LogP contribution in [0.2, 0.25) is 5.02 Å². The Hall–Kier alpha value is -0.910. The van der Waals surface area contributed by atoms with Crippen molar-refractivity contribution in [2.24, 2.45) is 0 Å². The van der Waals surface area contributed by atoms with E-state index in [0.29, 0.717) is 11.1 Å². The van der Waals surface area contributed by atoms with Crippen LogP contribution >= 0.6 is 23.3 Å². The Kier molecular flexibility index (Phi) is 3.63. The van der Waals surface area contributed by atoms with E-state index < -0.39 is 0 Å². The van der Waals surface area contributed by atoms with E-state index >= 15 is 0 Å². The number of aromatic nitrogens is 2. The number of fused-ring (bicyclic) bond motifs is 1. The fraction of sp³-hybridized carbons (Fsp3) is 0.500. The van der Waals surface area contributed by atoms with Crippen molar-refractivity contribution in [3.8, 4) is 0 Å². The van der Waals surface area contributed by atoms with Crippen molar-refractivity contribution in [3.05, 3.63) is 17.2 Å². The third-order valence-electron chi connectivity index (χ3n) is 3.18. The lowest BCUT2D eigenvalue weighted by molar-refractivity contribution is 0.144. The second-order valence-corrected chi connectivity index (χ2v) is 5.37. The molecule has 0 spiro atoms. The highest BCUT2D eigenvalue weighted by Crippen LogP contribution is 2.31. The first-order valence-electron chi connectivity index (χ1n) is 6.09. The Morgan fingerprint density at radius 2 is 2.22 bits per heavy atom. The highest BCUT2D eigenvalue weighted by atomic mass is 35.5. The molecule has 1 atom stereocenters. The molecule has 0 amide bonds. The molecule has 1 saturated heterocycles. The summed E-state index contributed by atoms with van der Waals surface area (Å²) in [4.78, 5) is 0. The summed E-state index contributed by atoms with van der Waals surface area (Å²) in [6, 6.07) is 4.18. The van der Waals surface area contributed by atoms with Gasteiger partial charge >= 0.3 is 0 Å². The molecular weight excluding hydrogens is 270 g/mol. The molecular formula is C12H14ClN3OS. The number of halogens is 1. The summed E-state index contributed by atoms with van der Waals surface area (Å²) in [7, 11) is 0. The van der Waals surface area contributed by atoms with Crippen LogP contribution in [-0.2, 0) is 4.74 Å². The molecule has 3 rings (SSSR count). The highest BCUT2D eigenvalue weighted by Gasteiger charge is 2.16. The topological polar surface area (TPSA) is 47.0 Å². The Labute approximate surface area is 115 Å². The van der Waals surface area contributed by atoms with Crippen molar-refractivity contribution >= 4 is 40.0 Å². The van der Waals surface area contributed by atoms with Gasteiger partial charge in [-0.2, -0.15) is 8.75 Å². The fourth-order valence-corrected chi connectivity index (χ4v) is 2.97. The number of hydrogen-bond acceptors (Lipinski definition) is 5. The molecule has 96 valence electrons. The summed E-state index contributed by atoms with van der Waals surface area (Å²) in [6.45, 7) is 1.66. The van der Waals surface area contributed by atoms with Gasteiger partial charge in [0.1, 0.15) is 11.0 Å². The number of hydrogen-bond donors (Lipinski definition) is 1. The maximum Gasteiger partial charge on any atom is 0.129 e. The first-order valence-corrected chi connectivity index (χ1v) is 7.20. The van der Waals surface area contributed by atoms with Gasteiger partial charge < -0.3 is 10.1 Å². The van der Waals surface area contributed by atoms with Crippen LogP contribution in [0.4, 0.5) is 5.69 Å². The monoisotopic (exact) mass is 283 g/mol. The maximum absolute atomic E-state index is 6.26. The lowest BCUT2D eigenvalue weighted by Gasteiger charge is -2.18. The lowest BCUT2D eigenvalue weighted by atomic mass is 10.1. The van der Waals surface area contributed by atoms with Gasteiger partial charge in [0, 0.05) is 19.3 Å². The van der Waals surface area contributed by atoms with Crippen molar-refractivity contribution in [3.63, 3.8) is 0 Å². The summed E-state index contributed by atoms with van der Waals surface area (Å²) in [6.07, 6.45) is 3.19. The summed E-state index contributed by atoms with van der Waals surface area (Å²) in [5.41, 5.74) is 2.68. The first kappa shape index (κ1) is 12.1. The van der Waals surface area contributed by atoms with Gasteiger partial charge in [-0.1, -0.05) is 11.6 Å². The molecule has 0 aliphatic carbocycles. The van der Waals surface area contributed by atoms with Gasteiger partial charge in [-0.3, -0.25) is 0 Å². The Balaban J connectivity index is 1.88. The van der Waals surface area contributed by atoms with Crippen molar-refractivity contribution in [2.75, 3.05) is 18.5 Å². The minimum absolute atomic E-state index is 0.400. The predicted octanol–water partition coefficient (Wildman–Crippen LogP) is 3.33. The van der Waals surface area contributed by atoms with Crippen LogP contribution in [0, 0.1) is 0 Å². The molecule has 1 N–H and O–H groups in total. The van der Waals surface area contributed by atoms with E-state index in [9.17, 15) is 0 Å². The molecule has 2 aromatic rings. The zero-order valence-corrected chi connectivity index (χ0v) is 11.4. The van der Waals surface area contributed by atoms with Crippen molar-refractivity contribution in [2.45, 2.75) is 25.3 Å². The normalized spacial score (nSPS) is 20.8. The van der Waals surface area contributed by atoms with Crippen molar-refractivity contribution in [1.82, 2.24) is 8.75 Å². The standard InChI is InChI=1S/C12H14ClN3OS/c13-9-3-4-10-12(16-18-15-10)11(9)14-8-2-1-6-17-7-5-8/h3-4,8,14H,1-2,5-7H2. The number of nitrogens with zero attached hydrogens (tertiary/aromatic N) is 2. The Morgan fingerprint density at radius 3 is 3.17 bits per heavy atom. The van der Waals surface area contributed by atoms with E-state index in [1.807, 2.05) is 12.1 Å². The molecule has 1 aromatic carbocycles. The smallest absolute Gasteiger partial charge is 0.129 e. The molecule has 1 aliphatic heterocycles. The molecule has 0 radical (unpaired) electrons. The van der Waals surface area contributed by atoms with E-state index in [4.69, 9.17) is 16.3 Å². The maximum atomic E-state index is 6.26. The van der Waals surface area contributed by atoms with Crippen LogP contribution < -0.4 is 5.32 Å². The van der Waals surface area contributed by atoms with Crippen LogP contribution in [0.3, 0.4) is 0 Å². The third kappa shape index (κ3) is 2.43. The number of anilines is 1. The van der Waals surface area contributed by atoms with Gasteiger partial charge in [-0.25, -0.2) is 0 Å². The highest BCUT2D eigenvalue weighted by molar-refractivity contribution is 7.00. The lowest BCUT2D eigenvalue weighted by Crippen LogP contribution is -2.20. The summed E-state index contributed by atoms with van der Waals surface area (Å²) < 4.78 is 14.0. The number of nitrogens with one attached hydrogen (secondary N) is 1. The summed E-state index contributed by atoms with van der Waals surface area (Å²) >= 11 is 7.48. The molecule has 1 aromatic heterocycles. The molecule has 18 heavy (non-hydrogen) atoms. The van der Waals surface area contributed by atoms with Gasteiger partial charge in [0.05, 0.1) is 22.4 Å². The van der Waals surface area contributed by atoms with Crippen molar-refractivity contribution < 1.29 is 4.74 Å². The Morgan fingerprint density at radius 1 is 1.28 bits per heavy atom. The van der Waals surface area contributed by atoms with E-state index in [1.165, 1.54) is 11.7 Å². The quantitative estimate of drug-likeness (QED) is 0.918. The molecule has 0 bridgehead atoms. The number of benzene rings is 1. The average Bonchev–Trinajstić information content (AvgIpc) is 2.70. The van der Waals surface area contributed by atoms with Gasteiger partial charge in [0.15, 0.2) is 0 Å². The molecule has 4 nitrogen and oxygen atoms in total. The van der Waals surface area contributed by atoms with Crippen LogP contribution in [0.25, 0.3) is 11.0 Å².